The van der Waals surface area contributed by atoms with Crippen molar-refractivity contribution in [1.29, 1.82) is 0 Å². The molecule has 6 atom stereocenters. The zero-order valence-electron chi connectivity index (χ0n) is 22.4. The maximum atomic E-state index is 13.8. The summed E-state index contributed by atoms with van der Waals surface area (Å²) in [4.78, 5) is 32.2. The standard InChI is InChI=1S/C25H31ClN3O9PS/c1-12(2)36-24(32)13(3)29-39(34,38-16-8-6-15(26)7-9-16)35-10-18-21(30)25(5,33)22(37-18)20-19-17(11-40-20)23(31)28-14(4)27-19/h6-9,11-13,18,21-22,30,33H,10H2,1-5H3,(H,29,34)(H,27,28,31). The normalized spacial score (nSPS) is 25.2. The van der Waals surface area contributed by atoms with Crippen molar-refractivity contribution in [1.82, 2.24) is 15.1 Å². The highest BCUT2D eigenvalue weighted by Gasteiger charge is 2.54. The Labute approximate surface area is 239 Å². The topological polar surface area (TPSA) is 169 Å². The Balaban J connectivity index is 1.56. The maximum Gasteiger partial charge on any atom is 0.459 e. The molecule has 1 aromatic carbocycles. The fourth-order valence-corrected chi connectivity index (χ4v) is 6.93. The number of nitrogens with one attached hydrogen (secondary N) is 2. The van der Waals surface area contributed by atoms with Gasteiger partial charge in [0.15, 0.2) is 0 Å². The molecule has 0 amide bonds. The number of benzene rings is 1. The molecule has 1 fully saturated rings. The van der Waals surface area contributed by atoms with Crippen LogP contribution < -0.4 is 15.2 Å². The molecule has 1 aliphatic rings. The van der Waals surface area contributed by atoms with Crippen LogP contribution in [0.15, 0.2) is 34.4 Å². The Bertz CT molecular complexity index is 1480. The number of ether oxygens (including phenoxy) is 2. The number of carbonyl (C=O) groups is 1. The maximum absolute atomic E-state index is 13.8. The Kier molecular flexibility index (Phi) is 9.08. The number of aromatic amines is 1. The molecule has 15 heteroatoms. The first-order valence-electron chi connectivity index (χ1n) is 12.4. The van der Waals surface area contributed by atoms with E-state index in [-0.39, 0.29) is 11.3 Å². The molecule has 3 heterocycles. The van der Waals surface area contributed by atoms with Crippen molar-refractivity contribution in [3.05, 3.63) is 55.7 Å². The first-order chi connectivity index (χ1) is 18.7. The number of carbonyl (C=O) groups excluding carboxylic acids is 1. The predicted molar refractivity (Wildman–Crippen MR) is 149 cm³/mol. The van der Waals surface area contributed by atoms with Crippen LogP contribution in [0.2, 0.25) is 5.02 Å². The van der Waals surface area contributed by atoms with Crippen molar-refractivity contribution in [3.8, 4) is 5.75 Å². The van der Waals surface area contributed by atoms with Gasteiger partial charge in [0.2, 0.25) is 0 Å². The third-order valence-electron chi connectivity index (χ3n) is 6.15. The van der Waals surface area contributed by atoms with Crippen LogP contribution >= 0.6 is 30.7 Å². The van der Waals surface area contributed by atoms with Gasteiger partial charge in [-0.15, -0.1) is 11.3 Å². The highest BCUT2D eigenvalue weighted by Crippen LogP contribution is 2.49. The average Bonchev–Trinajstić information content (AvgIpc) is 3.37. The van der Waals surface area contributed by atoms with Gasteiger partial charge in [-0.25, -0.2) is 9.55 Å². The second-order valence-corrected chi connectivity index (χ2v) is 13.0. The summed E-state index contributed by atoms with van der Waals surface area (Å²) in [6.45, 7) is 7.32. The third-order valence-corrected chi connectivity index (χ3v) is 9.06. The number of esters is 1. The van der Waals surface area contributed by atoms with Gasteiger partial charge in [-0.1, -0.05) is 11.6 Å². The molecule has 0 radical (unpaired) electrons. The molecule has 1 aliphatic heterocycles. The number of thiophene rings is 1. The molecule has 218 valence electrons. The van der Waals surface area contributed by atoms with Gasteiger partial charge >= 0.3 is 13.7 Å². The number of aromatic nitrogens is 2. The lowest BCUT2D eigenvalue weighted by atomic mass is 9.92. The highest BCUT2D eigenvalue weighted by atomic mass is 35.5. The first-order valence-corrected chi connectivity index (χ1v) is 15.2. The van der Waals surface area contributed by atoms with E-state index < -0.39 is 56.4 Å². The quantitative estimate of drug-likeness (QED) is 0.194. The van der Waals surface area contributed by atoms with Gasteiger partial charge < -0.3 is 29.2 Å². The molecule has 40 heavy (non-hydrogen) atoms. The second-order valence-electron chi connectivity index (χ2n) is 9.91. The lowest BCUT2D eigenvalue weighted by molar-refractivity contribution is -0.149. The van der Waals surface area contributed by atoms with Crippen LogP contribution in [0.4, 0.5) is 0 Å². The van der Waals surface area contributed by atoms with E-state index in [2.05, 4.69) is 15.1 Å². The van der Waals surface area contributed by atoms with E-state index in [1.54, 1.807) is 26.2 Å². The lowest BCUT2D eigenvalue weighted by Gasteiger charge is -2.26. The summed E-state index contributed by atoms with van der Waals surface area (Å²) in [5, 5.41) is 27.1. The highest BCUT2D eigenvalue weighted by molar-refractivity contribution is 7.52. The number of aliphatic hydroxyl groups excluding tert-OH is 1. The molecule has 0 spiro atoms. The van der Waals surface area contributed by atoms with Gasteiger partial charge in [-0.3, -0.25) is 14.1 Å². The number of aryl methyl sites for hydroxylation is 1. The number of hydrogen-bond acceptors (Lipinski definition) is 11. The van der Waals surface area contributed by atoms with Gasteiger partial charge in [0.05, 0.1) is 28.5 Å². The van der Waals surface area contributed by atoms with E-state index in [0.29, 0.717) is 26.6 Å². The number of halogens is 1. The molecule has 12 nitrogen and oxygen atoms in total. The molecule has 1 saturated heterocycles. The van der Waals surface area contributed by atoms with Crippen LogP contribution in [0.5, 0.6) is 5.75 Å². The van der Waals surface area contributed by atoms with Crippen molar-refractivity contribution in [3.63, 3.8) is 0 Å². The molecular formula is C25H31ClN3O9PS. The molecular weight excluding hydrogens is 585 g/mol. The van der Waals surface area contributed by atoms with Gasteiger partial charge in [0.25, 0.3) is 5.56 Å². The molecule has 4 N–H and O–H groups in total. The van der Waals surface area contributed by atoms with Gasteiger partial charge in [-0.2, -0.15) is 5.09 Å². The zero-order chi connectivity index (χ0) is 29.4. The SMILES string of the molecule is Cc1nc2c(C3OC(COP(=O)(NC(C)C(=O)OC(C)C)Oc4ccc(Cl)cc4)C(O)C3(C)O)scc2c(=O)[nH]1. The summed E-state index contributed by atoms with van der Waals surface area (Å²) in [6.07, 6.45) is -4.12. The number of nitrogens with zero attached hydrogens (tertiary/aromatic N) is 1. The van der Waals surface area contributed by atoms with Gasteiger partial charge in [0.1, 0.15) is 41.5 Å². The van der Waals surface area contributed by atoms with E-state index >= 15 is 0 Å². The number of H-pyrrole nitrogens is 1. The second kappa shape index (κ2) is 11.9. The smallest absolute Gasteiger partial charge is 0.459 e. The van der Waals surface area contributed by atoms with E-state index in [9.17, 15) is 24.4 Å². The van der Waals surface area contributed by atoms with Crippen molar-refractivity contribution in [2.24, 2.45) is 0 Å². The Morgan fingerprint density at radius 1 is 1.32 bits per heavy atom. The third kappa shape index (κ3) is 6.58. The minimum atomic E-state index is -4.28. The average molecular weight is 616 g/mol. The summed E-state index contributed by atoms with van der Waals surface area (Å²) in [7, 11) is -4.28. The van der Waals surface area contributed by atoms with Crippen molar-refractivity contribution in [2.45, 2.75) is 70.7 Å². The minimum Gasteiger partial charge on any atom is -0.462 e. The summed E-state index contributed by atoms with van der Waals surface area (Å²) in [6, 6.07) is 4.90. The molecule has 6 unspecified atom stereocenters. The van der Waals surface area contributed by atoms with Crippen molar-refractivity contribution in [2.75, 3.05) is 6.61 Å². The minimum absolute atomic E-state index is 0.138. The van der Waals surface area contributed by atoms with Crippen LogP contribution in [0.1, 0.15) is 44.5 Å². The Morgan fingerprint density at radius 2 is 2.00 bits per heavy atom. The Hall–Kier alpha value is -2.35. The zero-order valence-corrected chi connectivity index (χ0v) is 24.9. The summed E-state index contributed by atoms with van der Waals surface area (Å²) in [5.41, 5.74) is -1.80. The lowest BCUT2D eigenvalue weighted by Crippen LogP contribution is -2.43. The molecule has 4 rings (SSSR count). The van der Waals surface area contributed by atoms with Crippen LogP contribution in [0.3, 0.4) is 0 Å². The molecule has 3 aromatic rings. The van der Waals surface area contributed by atoms with Gasteiger partial charge in [-0.05, 0) is 58.9 Å². The monoisotopic (exact) mass is 615 g/mol. The van der Waals surface area contributed by atoms with E-state index in [1.807, 2.05) is 0 Å². The predicted octanol–water partition coefficient (Wildman–Crippen LogP) is 3.63. The van der Waals surface area contributed by atoms with E-state index in [1.165, 1.54) is 38.1 Å². The van der Waals surface area contributed by atoms with Gasteiger partial charge in [0, 0.05) is 10.4 Å². The summed E-state index contributed by atoms with van der Waals surface area (Å²) >= 11 is 7.09. The number of rotatable bonds is 10. The number of fused-ring (bicyclic) bond motifs is 1. The fraction of sp³-hybridized carbons (Fsp3) is 0.480. The van der Waals surface area contributed by atoms with Crippen LogP contribution in [0, 0.1) is 6.92 Å². The largest absolute Gasteiger partial charge is 0.462 e. The van der Waals surface area contributed by atoms with Crippen LogP contribution in [-0.4, -0.2) is 62.7 Å². The van der Waals surface area contributed by atoms with E-state index in [0.717, 1.165) is 11.3 Å². The van der Waals surface area contributed by atoms with Crippen LogP contribution in [-0.2, 0) is 23.4 Å². The summed E-state index contributed by atoms with van der Waals surface area (Å²) in [5.74, 6) is -0.160. The van der Waals surface area contributed by atoms with Crippen molar-refractivity contribution >= 4 is 47.6 Å². The van der Waals surface area contributed by atoms with Crippen LogP contribution in [0.25, 0.3) is 10.9 Å². The molecule has 0 saturated carbocycles. The first kappa shape index (κ1) is 30.6. The fourth-order valence-electron chi connectivity index (χ4n) is 4.15. The molecule has 2 aromatic heterocycles. The van der Waals surface area contributed by atoms with Crippen molar-refractivity contribution < 1.29 is 38.1 Å². The molecule has 0 aliphatic carbocycles. The Morgan fingerprint density at radius 3 is 2.65 bits per heavy atom. The number of aliphatic hydroxyl groups is 2. The summed E-state index contributed by atoms with van der Waals surface area (Å²) < 4.78 is 36.3. The number of hydrogen-bond donors (Lipinski definition) is 4. The molecule has 0 bridgehead atoms. The van der Waals surface area contributed by atoms with E-state index in [4.69, 9.17) is 30.1 Å².